The average molecular weight is 334 g/mol. The second-order valence-electron chi connectivity index (χ2n) is 5.29. The molecule has 1 aromatic rings. The van der Waals surface area contributed by atoms with Crippen LogP contribution in [-0.2, 0) is 9.05 Å². The van der Waals surface area contributed by atoms with Crippen molar-refractivity contribution in [2.24, 2.45) is 5.92 Å². The van der Waals surface area contributed by atoms with Gasteiger partial charge in [-0.1, -0.05) is 19.3 Å². The Labute approximate surface area is 128 Å². The summed E-state index contributed by atoms with van der Waals surface area (Å²) in [6.07, 6.45) is 5.62. The van der Waals surface area contributed by atoms with Crippen molar-refractivity contribution < 1.29 is 17.6 Å². The maximum Gasteiger partial charge on any atom is 0.261 e. The SMILES string of the molecule is O=C(NCC1CCCCC1)c1cc(S(=O)(=O)Cl)ccc1F. The van der Waals surface area contributed by atoms with Crippen LogP contribution >= 0.6 is 10.7 Å². The Hall–Kier alpha value is -1.14. The van der Waals surface area contributed by atoms with Crippen molar-refractivity contribution in [2.75, 3.05) is 6.54 Å². The highest BCUT2D eigenvalue weighted by atomic mass is 35.7. The van der Waals surface area contributed by atoms with Gasteiger partial charge in [0.15, 0.2) is 0 Å². The Bertz CT molecular complexity index is 627. The normalized spacial score (nSPS) is 16.7. The molecule has 0 atom stereocenters. The minimum absolute atomic E-state index is 0.284. The van der Waals surface area contributed by atoms with Crippen LogP contribution in [0.3, 0.4) is 0 Å². The summed E-state index contributed by atoms with van der Waals surface area (Å²) in [4.78, 5) is 11.7. The minimum Gasteiger partial charge on any atom is -0.352 e. The number of nitrogens with one attached hydrogen (secondary N) is 1. The monoisotopic (exact) mass is 333 g/mol. The second-order valence-corrected chi connectivity index (χ2v) is 7.86. The lowest BCUT2D eigenvalue weighted by Gasteiger charge is -2.21. The topological polar surface area (TPSA) is 63.2 Å². The first-order chi connectivity index (χ1) is 9.88. The Morgan fingerprint density at radius 1 is 1.29 bits per heavy atom. The smallest absolute Gasteiger partial charge is 0.261 e. The molecule has 1 saturated carbocycles. The molecule has 1 aromatic carbocycles. The van der Waals surface area contributed by atoms with E-state index in [2.05, 4.69) is 5.32 Å². The molecule has 0 saturated heterocycles. The Balaban J connectivity index is 2.07. The molecule has 0 bridgehead atoms. The summed E-state index contributed by atoms with van der Waals surface area (Å²) >= 11 is 0. The largest absolute Gasteiger partial charge is 0.352 e. The van der Waals surface area contributed by atoms with Crippen LogP contribution in [0.15, 0.2) is 23.1 Å². The van der Waals surface area contributed by atoms with E-state index in [1.807, 2.05) is 0 Å². The highest BCUT2D eigenvalue weighted by Gasteiger charge is 2.19. The maximum atomic E-state index is 13.7. The number of carbonyl (C=O) groups excluding carboxylic acids is 1. The molecule has 1 amide bonds. The van der Waals surface area contributed by atoms with Crippen molar-refractivity contribution in [3.8, 4) is 0 Å². The van der Waals surface area contributed by atoms with E-state index in [1.165, 1.54) is 6.42 Å². The van der Waals surface area contributed by atoms with Crippen molar-refractivity contribution in [3.63, 3.8) is 0 Å². The fourth-order valence-electron chi connectivity index (χ4n) is 2.55. The quantitative estimate of drug-likeness (QED) is 0.861. The molecule has 1 aliphatic carbocycles. The molecule has 0 unspecified atom stereocenters. The standard InChI is InChI=1S/C14H17ClFNO3S/c15-21(19,20)11-6-7-13(16)12(8-11)14(18)17-9-10-4-2-1-3-5-10/h6-8,10H,1-5,9H2,(H,17,18). The van der Waals surface area contributed by atoms with Gasteiger partial charge in [-0.25, -0.2) is 12.8 Å². The van der Waals surface area contributed by atoms with Crippen LogP contribution in [-0.4, -0.2) is 20.9 Å². The van der Waals surface area contributed by atoms with Crippen LogP contribution < -0.4 is 5.32 Å². The summed E-state index contributed by atoms with van der Waals surface area (Å²) in [7, 11) is 1.22. The molecule has 0 radical (unpaired) electrons. The Morgan fingerprint density at radius 2 is 1.95 bits per heavy atom. The lowest BCUT2D eigenvalue weighted by atomic mass is 9.89. The number of carbonyl (C=O) groups is 1. The van der Waals surface area contributed by atoms with E-state index in [0.29, 0.717) is 12.5 Å². The third-order valence-corrected chi connectivity index (χ3v) is 5.09. The predicted molar refractivity (Wildman–Crippen MR) is 78.3 cm³/mol. The van der Waals surface area contributed by atoms with E-state index in [-0.39, 0.29) is 10.5 Å². The molecule has 0 aromatic heterocycles. The third kappa shape index (κ3) is 4.41. The highest BCUT2D eigenvalue weighted by molar-refractivity contribution is 8.13. The fourth-order valence-corrected chi connectivity index (χ4v) is 3.33. The summed E-state index contributed by atoms with van der Waals surface area (Å²) in [6.45, 7) is 0.482. The number of hydrogen-bond acceptors (Lipinski definition) is 3. The molecule has 0 spiro atoms. The molecule has 1 N–H and O–H groups in total. The van der Waals surface area contributed by atoms with Gasteiger partial charge in [0.25, 0.3) is 15.0 Å². The van der Waals surface area contributed by atoms with Crippen molar-refractivity contribution in [3.05, 3.63) is 29.6 Å². The molecule has 1 aliphatic rings. The number of benzene rings is 1. The number of rotatable bonds is 4. The van der Waals surface area contributed by atoms with Crippen molar-refractivity contribution in [2.45, 2.75) is 37.0 Å². The number of halogens is 2. The summed E-state index contributed by atoms with van der Waals surface area (Å²) in [6, 6.07) is 2.94. The predicted octanol–water partition coefficient (Wildman–Crippen LogP) is 3.06. The molecule has 0 aliphatic heterocycles. The van der Waals surface area contributed by atoms with Crippen LogP contribution in [0.4, 0.5) is 4.39 Å². The lowest BCUT2D eigenvalue weighted by Crippen LogP contribution is -2.30. The maximum absolute atomic E-state index is 13.7. The van der Waals surface area contributed by atoms with Crippen LogP contribution in [0.2, 0.25) is 0 Å². The van der Waals surface area contributed by atoms with E-state index >= 15 is 0 Å². The van der Waals surface area contributed by atoms with Crippen molar-refractivity contribution in [1.82, 2.24) is 5.32 Å². The van der Waals surface area contributed by atoms with Gasteiger partial charge in [0.05, 0.1) is 10.5 Å². The van der Waals surface area contributed by atoms with E-state index < -0.39 is 20.8 Å². The van der Waals surface area contributed by atoms with Crippen LogP contribution in [0, 0.1) is 11.7 Å². The molecular weight excluding hydrogens is 317 g/mol. The first kappa shape index (κ1) is 16.2. The molecule has 1 fully saturated rings. The van der Waals surface area contributed by atoms with Crippen LogP contribution in [0.5, 0.6) is 0 Å². The highest BCUT2D eigenvalue weighted by Crippen LogP contribution is 2.23. The second kappa shape index (κ2) is 6.75. The van der Waals surface area contributed by atoms with Gasteiger partial charge in [0.1, 0.15) is 5.82 Å². The van der Waals surface area contributed by atoms with Gasteiger partial charge in [-0.15, -0.1) is 0 Å². The summed E-state index contributed by atoms with van der Waals surface area (Å²) < 4.78 is 36.1. The van der Waals surface area contributed by atoms with Crippen LogP contribution in [0.1, 0.15) is 42.5 Å². The van der Waals surface area contributed by atoms with Crippen molar-refractivity contribution >= 4 is 25.6 Å². The third-order valence-electron chi connectivity index (χ3n) is 3.74. The van der Waals surface area contributed by atoms with Crippen LogP contribution in [0.25, 0.3) is 0 Å². The van der Waals surface area contributed by atoms with Crippen molar-refractivity contribution in [1.29, 1.82) is 0 Å². The first-order valence-corrected chi connectivity index (χ1v) is 9.21. The molecule has 4 nitrogen and oxygen atoms in total. The molecular formula is C14H17ClFNO3S. The first-order valence-electron chi connectivity index (χ1n) is 6.90. The molecule has 116 valence electrons. The van der Waals surface area contributed by atoms with Gasteiger partial charge in [0, 0.05) is 17.2 Å². The van der Waals surface area contributed by atoms with Gasteiger partial charge in [-0.2, -0.15) is 0 Å². The van der Waals surface area contributed by atoms with Gasteiger partial charge in [-0.3, -0.25) is 4.79 Å². The zero-order chi connectivity index (χ0) is 15.5. The van der Waals surface area contributed by atoms with Gasteiger partial charge >= 0.3 is 0 Å². The fraction of sp³-hybridized carbons (Fsp3) is 0.500. The summed E-state index contributed by atoms with van der Waals surface area (Å²) in [5, 5.41) is 2.67. The molecule has 0 heterocycles. The van der Waals surface area contributed by atoms with E-state index in [4.69, 9.17) is 10.7 Å². The molecule has 21 heavy (non-hydrogen) atoms. The molecule has 7 heteroatoms. The Morgan fingerprint density at radius 3 is 2.57 bits per heavy atom. The van der Waals surface area contributed by atoms with E-state index in [1.54, 1.807) is 0 Å². The Kier molecular flexibility index (Phi) is 5.22. The minimum atomic E-state index is -3.99. The van der Waals surface area contributed by atoms with Gasteiger partial charge in [0.2, 0.25) is 0 Å². The zero-order valence-electron chi connectivity index (χ0n) is 11.4. The summed E-state index contributed by atoms with van der Waals surface area (Å²) in [5.41, 5.74) is -0.299. The average Bonchev–Trinajstić information content (AvgIpc) is 2.45. The molecule has 2 rings (SSSR count). The number of hydrogen-bond donors (Lipinski definition) is 1. The van der Waals surface area contributed by atoms with E-state index in [9.17, 15) is 17.6 Å². The van der Waals surface area contributed by atoms with Gasteiger partial charge < -0.3 is 5.32 Å². The lowest BCUT2D eigenvalue weighted by molar-refractivity contribution is 0.0939. The zero-order valence-corrected chi connectivity index (χ0v) is 13.0. The van der Waals surface area contributed by atoms with E-state index in [0.717, 1.165) is 43.9 Å². The van der Waals surface area contributed by atoms with Gasteiger partial charge in [-0.05, 0) is 37.0 Å². The number of amides is 1. The summed E-state index contributed by atoms with van der Waals surface area (Å²) in [5.74, 6) is -0.967.